The fourth-order valence-corrected chi connectivity index (χ4v) is 3.62. The number of hydrogen-bond donors (Lipinski definition) is 1. The first kappa shape index (κ1) is 16.6. The molecular formula is C21H14ClN5O. The number of fused-ring (bicyclic) bond motifs is 2. The molecule has 6 nitrogen and oxygen atoms in total. The van der Waals surface area contributed by atoms with Crippen LogP contribution >= 0.6 is 11.6 Å². The Labute approximate surface area is 164 Å². The second-order valence-corrected chi connectivity index (χ2v) is 6.96. The maximum atomic E-state index is 11.7. The number of hydrogen-bond acceptors (Lipinski definition) is 4. The number of nitrogens with one attached hydrogen (secondary N) is 1. The third-order valence-electron chi connectivity index (χ3n) is 4.63. The monoisotopic (exact) mass is 387 g/mol. The number of aromatic nitrogens is 5. The van der Waals surface area contributed by atoms with Gasteiger partial charge in [-0.2, -0.15) is 5.10 Å². The summed E-state index contributed by atoms with van der Waals surface area (Å²) < 4.78 is 1.72. The van der Waals surface area contributed by atoms with E-state index >= 15 is 0 Å². The van der Waals surface area contributed by atoms with Crippen LogP contribution < -0.4 is 5.56 Å². The van der Waals surface area contributed by atoms with Crippen LogP contribution in [0.5, 0.6) is 0 Å². The van der Waals surface area contributed by atoms with Gasteiger partial charge in [-0.25, -0.2) is 4.98 Å². The van der Waals surface area contributed by atoms with Crippen molar-refractivity contribution in [3.8, 4) is 22.5 Å². The van der Waals surface area contributed by atoms with Crippen molar-refractivity contribution in [3.63, 3.8) is 0 Å². The van der Waals surface area contributed by atoms with Gasteiger partial charge in [0, 0.05) is 41.8 Å². The highest BCUT2D eigenvalue weighted by atomic mass is 35.5. The first-order chi connectivity index (χ1) is 13.6. The summed E-state index contributed by atoms with van der Waals surface area (Å²) in [4.78, 5) is 23.6. The smallest absolute Gasteiger partial charge is 0.249 e. The zero-order chi connectivity index (χ0) is 19.3. The van der Waals surface area contributed by atoms with Gasteiger partial charge in [-0.1, -0.05) is 17.7 Å². The quantitative estimate of drug-likeness (QED) is 0.492. The molecular weight excluding hydrogens is 374 g/mol. The van der Waals surface area contributed by atoms with Crippen LogP contribution in [0.4, 0.5) is 0 Å². The van der Waals surface area contributed by atoms with E-state index in [2.05, 4.69) is 15.1 Å². The van der Waals surface area contributed by atoms with Crippen LogP contribution in [0.25, 0.3) is 44.5 Å². The van der Waals surface area contributed by atoms with E-state index in [-0.39, 0.29) is 5.56 Å². The minimum atomic E-state index is -0.195. The molecule has 0 aliphatic carbocycles. The summed E-state index contributed by atoms with van der Waals surface area (Å²) in [6, 6.07) is 14.9. The number of halogens is 1. The minimum Gasteiger partial charge on any atom is -0.307 e. The molecule has 0 bridgehead atoms. The van der Waals surface area contributed by atoms with Crippen molar-refractivity contribution in [2.45, 2.75) is 0 Å². The van der Waals surface area contributed by atoms with E-state index in [1.807, 2.05) is 49.6 Å². The summed E-state index contributed by atoms with van der Waals surface area (Å²) in [5.74, 6) is 0. The average molecular weight is 388 g/mol. The first-order valence-electron chi connectivity index (χ1n) is 8.67. The molecule has 0 aliphatic rings. The average Bonchev–Trinajstić information content (AvgIpc) is 3.13. The van der Waals surface area contributed by atoms with E-state index < -0.39 is 0 Å². The number of H-pyrrole nitrogens is 1. The Bertz CT molecular complexity index is 1420. The van der Waals surface area contributed by atoms with E-state index in [9.17, 15) is 4.79 Å². The maximum absolute atomic E-state index is 11.7. The molecule has 1 N–H and O–H groups in total. The van der Waals surface area contributed by atoms with Gasteiger partial charge < -0.3 is 4.98 Å². The SMILES string of the molecule is Cn1ccc(-c2nc3[nH]c(=O)ccc3cc2-c2cc(Cl)c3ncccc3c2)n1. The van der Waals surface area contributed by atoms with E-state index in [0.29, 0.717) is 22.1 Å². The molecule has 0 spiro atoms. The normalized spacial score (nSPS) is 11.4. The lowest BCUT2D eigenvalue weighted by Gasteiger charge is -2.11. The summed E-state index contributed by atoms with van der Waals surface area (Å²) in [6.07, 6.45) is 3.58. The summed E-state index contributed by atoms with van der Waals surface area (Å²) in [6.45, 7) is 0. The highest BCUT2D eigenvalue weighted by Crippen LogP contribution is 2.35. The molecule has 0 saturated heterocycles. The van der Waals surface area contributed by atoms with E-state index in [0.717, 1.165) is 27.4 Å². The Morgan fingerprint density at radius 2 is 1.96 bits per heavy atom. The summed E-state index contributed by atoms with van der Waals surface area (Å²) in [5.41, 5.74) is 4.26. The van der Waals surface area contributed by atoms with Gasteiger partial charge in [0.25, 0.3) is 0 Å². The lowest BCUT2D eigenvalue weighted by molar-refractivity contribution is 0.770. The predicted molar refractivity (Wildman–Crippen MR) is 110 cm³/mol. The van der Waals surface area contributed by atoms with Crippen molar-refractivity contribution in [2.24, 2.45) is 7.05 Å². The highest BCUT2D eigenvalue weighted by molar-refractivity contribution is 6.35. The Morgan fingerprint density at radius 1 is 1.07 bits per heavy atom. The van der Waals surface area contributed by atoms with Crippen molar-refractivity contribution >= 4 is 33.5 Å². The fraction of sp³-hybridized carbons (Fsp3) is 0.0476. The molecule has 4 aromatic heterocycles. The van der Waals surface area contributed by atoms with Crippen LogP contribution in [0.2, 0.25) is 5.02 Å². The highest BCUT2D eigenvalue weighted by Gasteiger charge is 2.15. The number of nitrogens with zero attached hydrogens (tertiary/aromatic N) is 4. The molecule has 28 heavy (non-hydrogen) atoms. The van der Waals surface area contributed by atoms with Gasteiger partial charge in [0.1, 0.15) is 17.0 Å². The van der Waals surface area contributed by atoms with Crippen LogP contribution in [-0.4, -0.2) is 24.7 Å². The van der Waals surface area contributed by atoms with Gasteiger partial charge in [-0.3, -0.25) is 14.5 Å². The molecule has 7 heteroatoms. The Morgan fingerprint density at radius 3 is 2.79 bits per heavy atom. The second-order valence-electron chi connectivity index (χ2n) is 6.55. The van der Waals surface area contributed by atoms with Crippen LogP contribution in [-0.2, 0) is 7.05 Å². The fourth-order valence-electron chi connectivity index (χ4n) is 3.34. The zero-order valence-electron chi connectivity index (χ0n) is 14.8. The largest absolute Gasteiger partial charge is 0.307 e. The maximum Gasteiger partial charge on any atom is 0.249 e. The summed E-state index contributed by atoms with van der Waals surface area (Å²) >= 11 is 6.50. The minimum absolute atomic E-state index is 0.195. The van der Waals surface area contributed by atoms with Crippen molar-refractivity contribution < 1.29 is 0 Å². The van der Waals surface area contributed by atoms with Gasteiger partial charge in [0.05, 0.1) is 10.5 Å². The van der Waals surface area contributed by atoms with E-state index in [1.54, 1.807) is 16.9 Å². The molecule has 136 valence electrons. The van der Waals surface area contributed by atoms with Crippen molar-refractivity contribution in [2.75, 3.05) is 0 Å². The Hall–Kier alpha value is -3.51. The second kappa shape index (κ2) is 6.28. The van der Waals surface area contributed by atoms with E-state index in [4.69, 9.17) is 16.6 Å². The predicted octanol–water partition coefficient (Wildman–Crippen LogP) is 4.19. The number of aromatic amines is 1. The summed E-state index contributed by atoms with van der Waals surface area (Å²) in [5, 5.41) is 6.84. The lowest BCUT2D eigenvalue weighted by atomic mass is 9.99. The molecule has 1 aromatic carbocycles. The Balaban J connectivity index is 1.85. The van der Waals surface area contributed by atoms with Gasteiger partial charge in [0.15, 0.2) is 0 Å². The van der Waals surface area contributed by atoms with E-state index in [1.165, 1.54) is 6.07 Å². The third kappa shape index (κ3) is 2.75. The van der Waals surface area contributed by atoms with Crippen molar-refractivity contribution in [1.82, 2.24) is 24.7 Å². The van der Waals surface area contributed by atoms with Crippen molar-refractivity contribution in [1.29, 1.82) is 0 Å². The lowest BCUT2D eigenvalue weighted by Crippen LogP contribution is -2.05. The van der Waals surface area contributed by atoms with Gasteiger partial charge in [0.2, 0.25) is 5.56 Å². The molecule has 0 fully saturated rings. The van der Waals surface area contributed by atoms with Gasteiger partial charge in [-0.05, 0) is 42.0 Å². The molecule has 0 radical (unpaired) electrons. The molecule has 4 heterocycles. The van der Waals surface area contributed by atoms with Crippen LogP contribution in [0.3, 0.4) is 0 Å². The molecule has 0 amide bonds. The van der Waals surface area contributed by atoms with Crippen LogP contribution in [0.1, 0.15) is 0 Å². The molecule has 0 atom stereocenters. The number of aryl methyl sites for hydroxylation is 1. The first-order valence-corrected chi connectivity index (χ1v) is 9.05. The van der Waals surface area contributed by atoms with Gasteiger partial charge in [-0.15, -0.1) is 0 Å². The van der Waals surface area contributed by atoms with Crippen molar-refractivity contribution in [3.05, 3.63) is 76.3 Å². The topological polar surface area (TPSA) is 76.5 Å². The van der Waals surface area contributed by atoms with Crippen LogP contribution in [0, 0.1) is 0 Å². The third-order valence-corrected chi connectivity index (χ3v) is 4.92. The van der Waals surface area contributed by atoms with Gasteiger partial charge >= 0.3 is 0 Å². The Kier molecular flexibility index (Phi) is 3.74. The number of pyridine rings is 3. The molecule has 5 rings (SSSR count). The molecule has 0 unspecified atom stereocenters. The molecule has 0 saturated carbocycles. The summed E-state index contributed by atoms with van der Waals surface area (Å²) in [7, 11) is 1.85. The number of benzene rings is 1. The zero-order valence-corrected chi connectivity index (χ0v) is 15.6. The number of rotatable bonds is 2. The standard InChI is InChI=1S/C21H14ClN5O/c1-27-8-6-17(26-27)20-15(10-13-4-5-18(28)24-21(13)25-20)14-9-12-3-2-7-23-19(12)16(22)11-14/h2-11H,1H3,(H,24,25,28). The molecule has 0 aliphatic heterocycles. The van der Waals surface area contributed by atoms with Crippen LogP contribution in [0.15, 0.2) is 65.7 Å². The molecule has 5 aromatic rings.